The van der Waals surface area contributed by atoms with Crippen LogP contribution in [0.25, 0.3) is 11.0 Å². The molecule has 0 spiro atoms. The fourth-order valence-electron chi connectivity index (χ4n) is 2.50. The van der Waals surface area contributed by atoms with Gasteiger partial charge in [-0.05, 0) is 45.7 Å². The highest BCUT2D eigenvalue weighted by Gasteiger charge is 2.28. The third kappa shape index (κ3) is 3.17. The molecule has 1 saturated carbocycles. The quantitative estimate of drug-likeness (QED) is 0.911. The van der Waals surface area contributed by atoms with Crippen molar-refractivity contribution in [1.29, 1.82) is 0 Å². The Morgan fingerprint density at radius 1 is 1.33 bits per heavy atom. The number of nitrogens with zero attached hydrogens (tertiary/aromatic N) is 2. The monoisotopic (exact) mass is 286 g/mol. The molecule has 2 amide bonds. The van der Waals surface area contributed by atoms with Gasteiger partial charge in [0.2, 0.25) is 0 Å². The smallest absolute Gasteiger partial charge is 0.315 e. The summed E-state index contributed by atoms with van der Waals surface area (Å²) in [6, 6.07) is 8.53. The summed E-state index contributed by atoms with van der Waals surface area (Å²) in [5, 5.41) is 5.81. The minimum absolute atomic E-state index is 0.156. The van der Waals surface area contributed by atoms with Crippen LogP contribution in [0.5, 0.6) is 0 Å². The summed E-state index contributed by atoms with van der Waals surface area (Å²) < 4.78 is 2.27. The van der Waals surface area contributed by atoms with Gasteiger partial charge in [0, 0.05) is 11.6 Å². The van der Waals surface area contributed by atoms with E-state index in [1.54, 1.807) is 0 Å². The number of hydrogen-bond acceptors (Lipinski definition) is 2. The standard InChI is InChI=1S/C16H22N4O/c1-16(2,3)19-15(21)17-10-14-18-12-6-4-5-7-13(12)20(14)11-8-9-11/h4-7,11H,8-10H2,1-3H3,(H2,17,19,21). The highest BCUT2D eigenvalue weighted by atomic mass is 16.2. The van der Waals surface area contributed by atoms with Crippen molar-refractivity contribution in [2.75, 3.05) is 0 Å². The number of imidazole rings is 1. The zero-order chi connectivity index (χ0) is 15.0. The fraction of sp³-hybridized carbons (Fsp3) is 0.500. The average molecular weight is 286 g/mol. The van der Waals surface area contributed by atoms with E-state index < -0.39 is 0 Å². The molecule has 0 atom stereocenters. The SMILES string of the molecule is CC(C)(C)NC(=O)NCc1nc2ccccc2n1C1CC1. The van der Waals surface area contributed by atoms with Crippen molar-refractivity contribution in [2.24, 2.45) is 0 Å². The topological polar surface area (TPSA) is 59.0 Å². The average Bonchev–Trinajstić information content (AvgIpc) is 3.15. The molecule has 5 nitrogen and oxygen atoms in total. The van der Waals surface area contributed by atoms with Gasteiger partial charge in [0.15, 0.2) is 0 Å². The molecular formula is C16H22N4O. The number of nitrogens with one attached hydrogen (secondary N) is 2. The number of amides is 2. The van der Waals surface area contributed by atoms with Crippen LogP contribution in [-0.4, -0.2) is 21.1 Å². The Balaban J connectivity index is 1.78. The van der Waals surface area contributed by atoms with E-state index in [1.807, 2.05) is 39.0 Å². The van der Waals surface area contributed by atoms with E-state index >= 15 is 0 Å². The normalized spacial score (nSPS) is 15.2. The Morgan fingerprint density at radius 2 is 2.05 bits per heavy atom. The Morgan fingerprint density at radius 3 is 2.71 bits per heavy atom. The molecule has 1 aliphatic carbocycles. The van der Waals surface area contributed by atoms with E-state index in [0.717, 1.165) is 16.9 Å². The molecule has 2 N–H and O–H groups in total. The minimum atomic E-state index is -0.235. The van der Waals surface area contributed by atoms with Crippen LogP contribution in [0.1, 0.15) is 45.5 Å². The van der Waals surface area contributed by atoms with E-state index in [9.17, 15) is 4.79 Å². The molecule has 1 aromatic heterocycles. The van der Waals surface area contributed by atoms with Crippen LogP contribution in [0.3, 0.4) is 0 Å². The molecule has 0 aliphatic heterocycles. The lowest BCUT2D eigenvalue weighted by atomic mass is 10.1. The minimum Gasteiger partial charge on any atom is -0.334 e. The number of urea groups is 1. The Kier molecular flexibility index (Phi) is 3.35. The molecule has 0 radical (unpaired) electrons. The van der Waals surface area contributed by atoms with Gasteiger partial charge in [-0.3, -0.25) is 0 Å². The molecule has 0 saturated heterocycles. The maximum absolute atomic E-state index is 11.9. The number of rotatable bonds is 3. The van der Waals surface area contributed by atoms with Crippen molar-refractivity contribution in [2.45, 2.75) is 51.7 Å². The molecule has 0 bridgehead atoms. The van der Waals surface area contributed by atoms with Gasteiger partial charge in [-0.15, -0.1) is 0 Å². The van der Waals surface area contributed by atoms with E-state index in [1.165, 1.54) is 12.8 Å². The second-order valence-corrected chi connectivity index (χ2v) is 6.68. The Labute approximate surface area is 124 Å². The molecule has 1 heterocycles. The van der Waals surface area contributed by atoms with Crippen LogP contribution in [0.2, 0.25) is 0 Å². The summed E-state index contributed by atoms with van der Waals surface area (Å²) in [5.41, 5.74) is 1.92. The third-order valence-electron chi connectivity index (χ3n) is 3.48. The lowest BCUT2D eigenvalue weighted by Gasteiger charge is -2.20. The molecule has 0 unspecified atom stereocenters. The number of carbonyl (C=O) groups is 1. The van der Waals surface area contributed by atoms with Gasteiger partial charge in [0.05, 0.1) is 17.6 Å². The van der Waals surface area contributed by atoms with Crippen molar-refractivity contribution in [3.8, 4) is 0 Å². The number of carbonyl (C=O) groups excluding carboxylic acids is 1. The number of hydrogen-bond donors (Lipinski definition) is 2. The van der Waals surface area contributed by atoms with Gasteiger partial charge in [-0.2, -0.15) is 0 Å². The van der Waals surface area contributed by atoms with Crippen molar-refractivity contribution in [1.82, 2.24) is 20.2 Å². The van der Waals surface area contributed by atoms with Crippen molar-refractivity contribution >= 4 is 17.1 Å². The number of para-hydroxylation sites is 2. The van der Waals surface area contributed by atoms with Crippen molar-refractivity contribution in [3.63, 3.8) is 0 Å². The Bertz CT molecular complexity index is 664. The van der Waals surface area contributed by atoms with Crippen molar-refractivity contribution < 1.29 is 4.79 Å². The summed E-state index contributed by atoms with van der Waals surface area (Å²) >= 11 is 0. The highest BCUT2D eigenvalue weighted by Crippen LogP contribution is 2.38. The van der Waals surface area contributed by atoms with Gasteiger partial charge in [-0.25, -0.2) is 9.78 Å². The first-order chi connectivity index (χ1) is 9.94. The highest BCUT2D eigenvalue weighted by molar-refractivity contribution is 5.77. The molecule has 21 heavy (non-hydrogen) atoms. The van der Waals surface area contributed by atoms with Gasteiger partial charge in [0.1, 0.15) is 5.82 Å². The first-order valence-corrected chi connectivity index (χ1v) is 7.46. The summed E-state index contributed by atoms with van der Waals surface area (Å²) in [4.78, 5) is 16.5. The predicted octanol–water partition coefficient (Wildman–Crippen LogP) is 2.97. The summed E-state index contributed by atoms with van der Waals surface area (Å²) in [6.07, 6.45) is 2.39. The van der Waals surface area contributed by atoms with E-state index in [2.05, 4.69) is 26.3 Å². The second-order valence-electron chi connectivity index (χ2n) is 6.68. The lowest BCUT2D eigenvalue weighted by Crippen LogP contribution is -2.46. The van der Waals surface area contributed by atoms with Gasteiger partial charge >= 0.3 is 6.03 Å². The van der Waals surface area contributed by atoms with Gasteiger partial charge < -0.3 is 15.2 Å². The first-order valence-electron chi connectivity index (χ1n) is 7.46. The zero-order valence-electron chi connectivity index (χ0n) is 12.8. The molecule has 1 fully saturated rings. The van der Waals surface area contributed by atoms with Crippen LogP contribution >= 0.6 is 0 Å². The van der Waals surface area contributed by atoms with E-state index in [4.69, 9.17) is 0 Å². The van der Waals surface area contributed by atoms with Crippen LogP contribution in [0.4, 0.5) is 4.79 Å². The van der Waals surface area contributed by atoms with Gasteiger partial charge in [0.25, 0.3) is 0 Å². The fourth-order valence-corrected chi connectivity index (χ4v) is 2.50. The molecule has 5 heteroatoms. The summed E-state index contributed by atoms with van der Waals surface area (Å²) in [5.74, 6) is 0.933. The number of aromatic nitrogens is 2. The van der Waals surface area contributed by atoms with Crippen LogP contribution in [0, 0.1) is 0 Å². The maximum atomic E-state index is 11.9. The van der Waals surface area contributed by atoms with E-state index in [0.29, 0.717) is 12.6 Å². The lowest BCUT2D eigenvalue weighted by molar-refractivity contribution is 0.231. The first kappa shape index (κ1) is 13.9. The number of benzene rings is 1. The molecule has 1 aliphatic rings. The maximum Gasteiger partial charge on any atom is 0.315 e. The molecular weight excluding hydrogens is 264 g/mol. The summed E-state index contributed by atoms with van der Waals surface area (Å²) in [7, 11) is 0. The van der Waals surface area contributed by atoms with E-state index in [-0.39, 0.29) is 11.6 Å². The second kappa shape index (κ2) is 5.06. The molecule has 3 rings (SSSR count). The van der Waals surface area contributed by atoms with Crippen LogP contribution < -0.4 is 10.6 Å². The zero-order valence-corrected chi connectivity index (χ0v) is 12.8. The number of fused-ring (bicyclic) bond motifs is 1. The van der Waals surface area contributed by atoms with Crippen molar-refractivity contribution in [3.05, 3.63) is 30.1 Å². The summed E-state index contributed by atoms with van der Waals surface area (Å²) in [6.45, 7) is 6.34. The van der Waals surface area contributed by atoms with Crippen LogP contribution in [-0.2, 0) is 6.54 Å². The molecule has 2 aromatic rings. The molecule has 1 aromatic carbocycles. The predicted molar refractivity (Wildman–Crippen MR) is 83.1 cm³/mol. The third-order valence-corrected chi connectivity index (χ3v) is 3.48. The largest absolute Gasteiger partial charge is 0.334 e. The van der Waals surface area contributed by atoms with Gasteiger partial charge in [-0.1, -0.05) is 12.1 Å². The Hall–Kier alpha value is -2.04. The van der Waals surface area contributed by atoms with Crippen LogP contribution in [0.15, 0.2) is 24.3 Å². The molecule has 112 valence electrons.